The summed E-state index contributed by atoms with van der Waals surface area (Å²) in [5, 5.41) is 0. The smallest absolute Gasteiger partial charge is 0.339 e. The quantitative estimate of drug-likeness (QED) is 0.737. The third kappa shape index (κ3) is 1.68. The Labute approximate surface area is 117 Å². The summed E-state index contributed by atoms with van der Waals surface area (Å²) in [5.74, 6) is -0.867. The van der Waals surface area contributed by atoms with Crippen molar-refractivity contribution in [3.63, 3.8) is 0 Å². The van der Waals surface area contributed by atoms with Crippen LogP contribution < -0.4 is 0 Å². The third-order valence-electron chi connectivity index (χ3n) is 4.23. The van der Waals surface area contributed by atoms with E-state index in [1.807, 2.05) is 44.2 Å². The highest BCUT2D eigenvalue weighted by atomic mass is 16.6. The molecule has 0 fully saturated rings. The molecule has 0 aliphatic carbocycles. The van der Waals surface area contributed by atoms with Crippen molar-refractivity contribution in [1.82, 2.24) is 0 Å². The van der Waals surface area contributed by atoms with Crippen molar-refractivity contribution >= 4 is 11.9 Å². The Morgan fingerprint density at radius 2 is 1.65 bits per heavy atom. The summed E-state index contributed by atoms with van der Waals surface area (Å²) in [4.78, 5) is 24.4. The van der Waals surface area contributed by atoms with Gasteiger partial charge in [0.25, 0.3) is 0 Å². The SMILES string of the molecule is CC1OC(=O)C2=C(C(=O)OC2c2ccccc2)C1(C)C. The number of carbonyl (C=O) groups is 2. The Hall–Kier alpha value is -2.10. The monoisotopic (exact) mass is 272 g/mol. The predicted octanol–water partition coefficient (Wildman–Crippen LogP) is 2.55. The minimum absolute atomic E-state index is 0.351. The molecule has 0 spiro atoms. The molecule has 0 amide bonds. The Morgan fingerprint density at radius 1 is 1.00 bits per heavy atom. The number of carbonyl (C=O) groups excluding carboxylic acids is 2. The van der Waals surface area contributed by atoms with Gasteiger partial charge < -0.3 is 9.47 Å². The van der Waals surface area contributed by atoms with Gasteiger partial charge in [0, 0.05) is 5.41 Å². The van der Waals surface area contributed by atoms with Crippen LogP contribution in [0.25, 0.3) is 0 Å². The second-order valence-corrected chi connectivity index (χ2v) is 5.75. The lowest BCUT2D eigenvalue weighted by Gasteiger charge is -2.35. The van der Waals surface area contributed by atoms with Gasteiger partial charge in [0.2, 0.25) is 0 Å². The van der Waals surface area contributed by atoms with E-state index < -0.39 is 23.5 Å². The maximum absolute atomic E-state index is 12.2. The fourth-order valence-electron chi connectivity index (χ4n) is 2.72. The van der Waals surface area contributed by atoms with Crippen molar-refractivity contribution in [2.45, 2.75) is 33.0 Å². The van der Waals surface area contributed by atoms with Crippen LogP contribution in [0.2, 0.25) is 0 Å². The highest BCUT2D eigenvalue weighted by Crippen LogP contribution is 2.48. The van der Waals surface area contributed by atoms with Crippen LogP contribution in [0, 0.1) is 5.41 Å². The van der Waals surface area contributed by atoms with E-state index in [0.29, 0.717) is 11.1 Å². The summed E-state index contributed by atoms with van der Waals surface area (Å²) in [5.41, 5.74) is 1.05. The van der Waals surface area contributed by atoms with Gasteiger partial charge in [-0.1, -0.05) is 44.2 Å². The molecular formula is C16H16O4. The van der Waals surface area contributed by atoms with E-state index in [-0.39, 0.29) is 6.10 Å². The molecule has 0 saturated heterocycles. The van der Waals surface area contributed by atoms with Crippen molar-refractivity contribution in [1.29, 1.82) is 0 Å². The van der Waals surface area contributed by atoms with E-state index in [2.05, 4.69) is 0 Å². The fraction of sp³-hybridized carbons (Fsp3) is 0.375. The zero-order chi connectivity index (χ0) is 14.5. The molecule has 4 heteroatoms. The fourth-order valence-corrected chi connectivity index (χ4v) is 2.72. The van der Waals surface area contributed by atoms with E-state index in [9.17, 15) is 9.59 Å². The molecular weight excluding hydrogens is 256 g/mol. The lowest BCUT2D eigenvalue weighted by atomic mass is 9.75. The first-order valence-electron chi connectivity index (χ1n) is 6.64. The molecule has 0 radical (unpaired) electrons. The molecule has 0 aromatic heterocycles. The Balaban J connectivity index is 2.15. The summed E-state index contributed by atoms with van der Waals surface area (Å²) in [6.45, 7) is 5.59. The van der Waals surface area contributed by atoms with Crippen molar-refractivity contribution in [3.05, 3.63) is 47.0 Å². The van der Waals surface area contributed by atoms with E-state index in [1.165, 1.54) is 0 Å². The number of hydrogen-bond acceptors (Lipinski definition) is 4. The van der Waals surface area contributed by atoms with E-state index in [1.54, 1.807) is 6.92 Å². The largest absolute Gasteiger partial charge is 0.458 e. The van der Waals surface area contributed by atoms with Gasteiger partial charge in [0.05, 0.1) is 11.1 Å². The van der Waals surface area contributed by atoms with Gasteiger partial charge in [-0.2, -0.15) is 0 Å². The van der Waals surface area contributed by atoms with Crippen LogP contribution in [0.3, 0.4) is 0 Å². The molecule has 2 heterocycles. The molecule has 2 atom stereocenters. The molecule has 20 heavy (non-hydrogen) atoms. The van der Waals surface area contributed by atoms with Crippen LogP contribution in [0.15, 0.2) is 41.5 Å². The van der Waals surface area contributed by atoms with Crippen LogP contribution in [-0.4, -0.2) is 18.0 Å². The van der Waals surface area contributed by atoms with Gasteiger partial charge >= 0.3 is 11.9 Å². The zero-order valence-electron chi connectivity index (χ0n) is 11.7. The molecule has 3 rings (SSSR count). The summed E-state index contributed by atoms with van der Waals surface area (Å²) in [6.07, 6.45) is -1.01. The van der Waals surface area contributed by atoms with Gasteiger partial charge in [-0.05, 0) is 12.5 Å². The minimum Gasteiger partial charge on any atom is -0.458 e. The first-order chi connectivity index (χ1) is 9.43. The van der Waals surface area contributed by atoms with E-state index in [0.717, 1.165) is 5.56 Å². The Kier molecular flexibility index (Phi) is 2.71. The van der Waals surface area contributed by atoms with Crippen LogP contribution >= 0.6 is 0 Å². The van der Waals surface area contributed by atoms with Crippen molar-refractivity contribution in [2.75, 3.05) is 0 Å². The summed E-state index contributed by atoms with van der Waals surface area (Å²) < 4.78 is 10.8. The number of ether oxygens (including phenoxy) is 2. The first-order valence-corrected chi connectivity index (χ1v) is 6.64. The Bertz CT molecular complexity index is 613. The number of benzene rings is 1. The van der Waals surface area contributed by atoms with Crippen LogP contribution in [0.5, 0.6) is 0 Å². The average molecular weight is 272 g/mol. The molecule has 2 aliphatic heterocycles. The lowest BCUT2D eigenvalue weighted by Crippen LogP contribution is -2.40. The summed E-state index contributed by atoms with van der Waals surface area (Å²) in [7, 11) is 0. The molecule has 104 valence electrons. The number of hydrogen-bond donors (Lipinski definition) is 0. The third-order valence-corrected chi connectivity index (χ3v) is 4.23. The topological polar surface area (TPSA) is 52.6 Å². The molecule has 2 aliphatic rings. The first kappa shape index (κ1) is 12.9. The highest BCUT2D eigenvalue weighted by molar-refractivity contribution is 6.06. The molecule has 0 bridgehead atoms. The number of esters is 2. The van der Waals surface area contributed by atoms with Crippen LogP contribution in [0.4, 0.5) is 0 Å². The van der Waals surface area contributed by atoms with Gasteiger partial charge in [-0.25, -0.2) is 9.59 Å². The maximum atomic E-state index is 12.2. The lowest BCUT2D eigenvalue weighted by molar-refractivity contribution is -0.151. The van der Waals surface area contributed by atoms with Crippen LogP contribution in [0.1, 0.15) is 32.4 Å². The van der Waals surface area contributed by atoms with Crippen LogP contribution in [-0.2, 0) is 19.1 Å². The normalized spacial score (nSPS) is 27.9. The van der Waals surface area contributed by atoms with Gasteiger partial charge in [-0.3, -0.25) is 0 Å². The van der Waals surface area contributed by atoms with E-state index >= 15 is 0 Å². The molecule has 0 saturated carbocycles. The predicted molar refractivity (Wildman–Crippen MR) is 71.6 cm³/mol. The standard InChI is InChI=1S/C16H16O4/c1-9-16(2,3)12-11(14(17)19-9)13(20-15(12)18)10-7-5-4-6-8-10/h4-9,13H,1-3H3. The number of cyclic esters (lactones) is 2. The molecule has 4 nitrogen and oxygen atoms in total. The Morgan fingerprint density at radius 3 is 2.30 bits per heavy atom. The minimum atomic E-state index is -0.655. The second-order valence-electron chi connectivity index (χ2n) is 5.75. The van der Waals surface area contributed by atoms with E-state index in [4.69, 9.17) is 9.47 Å². The van der Waals surface area contributed by atoms with Gasteiger partial charge in [0.15, 0.2) is 6.10 Å². The summed E-state index contributed by atoms with van der Waals surface area (Å²) in [6, 6.07) is 9.26. The molecule has 1 aromatic carbocycles. The molecule has 1 aromatic rings. The van der Waals surface area contributed by atoms with Gasteiger partial charge in [0.1, 0.15) is 6.10 Å². The van der Waals surface area contributed by atoms with Crippen molar-refractivity contribution in [2.24, 2.45) is 5.41 Å². The second kappa shape index (κ2) is 4.20. The van der Waals surface area contributed by atoms with Gasteiger partial charge in [-0.15, -0.1) is 0 Å². The maximum Gasteiger partial charge on any atom is 0.339 e. The summed E-state index contributed by atoms with van der Waals surface area (Å²) >= 11 is 0. The number of rotatable bonds is 1. The molecule has 0 N–H and O–H groups in total. The molecule has 2 unspecified atom stereocenters. The average Bonchev–Trinajstić information content (AvgIpc) is 2.77. The van der Waals surface area contributed by atoms with Crippen molar-refractivity contribution in [3.8, 4) is 0 Å². The highest BCUT2D eigenvalue weighted by Gasteiger charge is 2.52. The van der Waals surface area contributed by atoms with Crippen molar-refractivity contribution < 1.29 is 19.1 Å². The zero-order valence-corrected chi connectivity index (χ0v) is 11.7.